The van der Waals surface area contributed by atoms with Gasteiger partial charge in [-0.3, -0.25) is 0 Å². The maximum atomic E-state index is 4.09. The normalized spacial score (nSPS) is 18.9. The summed E-state index contributed by atoms with van der Waals surface area (Å²) in [6, 6.07) is 15.4. The van der Waals surface area contributed by atoms with E-state index >= 15 is 0 Å². The van der Waals surface area contributed by atoms with Crippen molar-refractivity contribution < 1.29 is 0 Å². The molecule has 0 N–H and O–H groups in total. The zero-order valence-electron chi connectivity index (χ0n) is 12.2. The monoisotopic (exact) mass is 262 g/mol. The van der Waals surface area contributed by atoms with Gasteiger partial charge in [-0.2, -0.15) is 0 Å². The van der Waals surface area contributed by atoms with E-state index in [1.807, 2.05) is 0 Å². The first-order chi connectivity index (χ1) is 9.72. The summed E-state index contributed by atoms with van der Waals surface area (Å²) in [6.07, 6.45) is 7.23. The molecule has 0 saturated carbocycles. The molecule has 0 saturated heterocycles. The Morgan fingerprint density at radius 1 is 1.15 bits per heavy atom. The second-order valence-corrected chi connectivity index (χ2v) is 6.04. The van der Waals surface area contributed by atoms with Crippen LogP contribution in [0.2, 0.25) is 0 Å². The number of rotatable bonds is 3. The lowest BCUT2D eigenvalue weighted by Gasteiger charge is -2.22. The number of allylic oxidation sites excluding steroid dienone is 3. The Kier molecular flexibility index (Phi) is 3.73. The summed E-state index contributed by atoms with van der Waals surface area (Å²) in [6.45, 7) is 6.25. The molecule has 0 amide bonds. The molecule has 1 aliphatic carbocycles. The van der Waals surface area contributed by atoms with E-state index in [0.717, 1.165) is 6.42 Å². The Balaban J connectivity index is 1.75. The second kappa shape index (κ2) is 5.66. The van der Waals surface area contributed by atoms with E-state index in [1.165, 1.54) is 41.2 Å². The zero-order valence-corrected chi connectivity index (χ0v) is 12.2. The highest BCUT2D eigenvalue weighted by atomic mass is 14.2. The molecule has 0 bridgehead atoms. The van der Waals surface area contributed by atoms with E-state index in [9.17, 15) is 0 Å². The topological polar surface area (TPSA) is 0 Å². The third kappa shape index (κ3) is 2.85. The van der Waals surface area contributed by atoms with Crippen molar-refractivity contribution in [2.75, 3.05) is 0 Å². The van der Waals surface area contributed by atoms with E-state index in [2.05, 4.69) is 62.0 Å². The van der Waals surface area contributed by atoms with E-state index in [-0.39, 0.29) is 0 Å². The average molecular weight is 262 g/mol. The fourth-order valence-corrected chi connectivity index (χ4v) is 3.11. The minimum Gasteiger partial charge on any atom is -0.0998 e. The molecule has 0 heteroatoms. The van der Waals surface area contributed by atoms with Crippen molar-refractivity contribution in [2.45, 2.75) is 32.6 Å². The maximum Gasteiger partial charge on any atom is -0.00669 e. The highest BCUT2D eigenvalue weighted by molar-refractivity contribution is 5.83. The molecule has 1 unspecified atom stereocenters. The Bertz CT molecular complexity index is 661. The third-order valence-electron chi connectivity index (χ3n) is 4.45. The van der Waals surface area contributed by atoms with Crippen LogP contribution in [-0.4, -0.2) is 0 Å². The van der Waals surface area contributed by atoms with Crippen LogP contribution in [0.15, 0.2) is 66.3 Å². The van der Waals surface area contributed by atoms with Gasteiger partial charge in [0.1, 0.15) is 0 Å². The summed E-state index contributed by atoms with van der Waals surface area (Å²) >= 11 is 0. The summed E-state index contributed by atoms with van der Waals surface area (Å²) in [5, 5.41) is 2.68. The lowest BCUT2D eigenvalue weighted by Crippen LogP contribution is -2.07. The molecule has 20 heavy (non-hydrogen) atoms. The molecule has 1 atom stereocenters. The van der Waals surface area contributed by atoms with Crippen molar-refractivity contribution in [3.8, 4) is 0 Å². The molecule has 0 radical (unpaired) electrons. The van der Waals surface area contributed by atoms with E-state index < -0.39 is 0 Å². The predicted molar refractivity (Wildman–Crippen MR) is 87.9 cm³/mol. The lowest BCUT2D eigenvalue weighted by molar-refractivity contribution is 0.535. The quantitative estimate of drug-likeness (QED) is 0.624. The highest BCUT2D eigenvalue weighted by Gasteiger charge is 2.14. The van der Waals surface area contributed by atoms with Crippen LogP contribution in [0, 0.1) is 5.92 Å². The van der Waals surface area contributed by atoms with Crippen molar-refractivity contribution in [1.82, 2.24) is 0 Å². The molecule has 102 valence electrons. The van der Waals surface area contributed by atoms with E-state index in [4.69, 9.17) is 0 Å². The molecule has 0 aromatic heterocycles. The number of fused-ring (bicyclic) bond motifs is 1. The fraction of sp³-hybridized carbons (Fsp3) is 0.300. The summed E-state index contributed by atoms with van der Waals surface area (Å²) in [5.74, 6) is 0.704. The Morgan fingerprint density at radius 2 is 1.95 bits per heavy atom. The van der Waals surface area contributed by atoms with Crippen LogP contribution in [-0.2, 0) is 6.42 Å². The molecule has 2 aromatic carbocycles. The zero-order chi connectivity index (χ0) is 13.9. The Hall–Kier alpha value is -1.82. The predicted octanol–water partition coefficient (Wildman–Crippen LogP) is 5.68. The van der Waals surface area contributed by atoms with Crippen LogP contribution in [0.5, 0.6) is 0 Å². The van der Waals surface area contributed by atoms with E-state index in [0.29, 0.717) is 5.92 Å². The van der Waals surface area contributed by atoms with Gasteiger partial charge in [-0.15, -0.1) is 0 Å². The lowest BCUT2D eigenvalue weighted by atomic mass is 9.83. The van der Waals surface area contributed by atoms with Gasteiger partial charge in [0.25, 0.3) is 0 Å². The molecular formula is C20H22. The average Bonchev–Trinajstić information content (AvgIpc) is 2.48. The molecule has 0 nitrogen and oxygen atoms in total. The fourth-order valence-electron chi connectivity index (χ4n) is 3.11. The Morgan fingerprint density at radius 3 is 2.65 bits per heavy atom. The van der Waals surface area contributed by atoms with Gasteiger partial charge in [-0.1, -0.05) is 66.3 Å². The minimum atomic E-state index is 0.704. The minimum absolute atomic E-state index is 0.704. The van der Waals surface area contributed by atoms with E-state index in [1.54, 1.807) is 5.57 Å². The molecule has 0 heterocycles. The summed E-state index contributed by atoms with van der Waals surface area (Å²) in [7, 11) is 0. The third-order valence-corrected chi connectivity index (χ3v) is 4.45. The van der Waals surface area contributed by atoms with Crippen LogP contribution in [0.4, 0.5) is 0 Å². The molecule has 3 rings (SSSR count). The SMILES string of the molecule is C=C(C)C1CC=C(Cc2ccc3ccccc3c2)CC1. The first-order valence-corrected chi connectivity index (χ1v) is 7.53. The standard InChI is InChI=1S/C20H22/c1-15(2)18-10-7-16(8-11-18)13-17-9-12-19-5-3-4-6-20(19)14-17/h3-7,9,12,14,18H,1,8,10-11,13H2,2H3. The number of hydrogen-bond donors (Lipinski definition) is 0. The van der Waals surface area contributed by atoms with Crippen molar-refractivity contribution >= 4 is 10.8 Å². The molecule has 2 aromatic rings. The molecule has 0 spiro atoms. The molecule has 1 aliphatic rings. The van der Waals surface area contributed by atoms with Crippen LogP contribution in [0.1, 0.15) is 31.7 Å². The van der Waals surface area contributed by atoms with Gasteiger partial charge in [0.2, 0.25) is 0 Å². The van der Waals surface area contributed by atoms with Gasteiger partial charge < -0.3 is 0 Å². The van der Waals surface area contributed by atoms with Crippen LogP contribution >= 0.6 is 0 Å². The van der Waals surface area contributed by atoms with Gasteiger partial charge in [-0.05, 0) is 54.9 Å². The van der Waals surface area contributed by atoms with Gasteiger partial charge in [0, 0.05) is 0 Å². The van der Waals surface area contributed by atoms with Crippen molar-refractivity contribution in [2.24, 2.45) is 5.92 Å². The van der Waals surface area contributed by atoms with Crippen molar-refractivity contribution in [1.29, 1.82) is 0 Å². The Labute approximate surface area is 121 Å². The first-order valence-electron chi connectivity index (χ1n) is 7.53. The van der Waals surface area contributed by atoms with Crippen molar-refractivity contribution in [3.63, 3.8) is 0 Å². The maximum absolute atomic E-state index is 4.09. The second-order valence-electron chi connectivity index (χ2n) is 6.04. The van der Waals surface area contributed by atoms with Crippen LogP contribution in [0.25, 0.3) is 10.8 Å². The highest BCUT2D eigenvalue weighted by Crippen LogP contribution is 2.30. The molecule has 0 aliphatic heterocycles. The number of hydrogen-bond acceptors (Lipinski definition) is 0. The molecule has 0 fully saturated rings. The summed E-state index contributed by atoms with van der Waals surface area (Å²) in [4.78, 5) is 0. The molecular weight excluding hydrogens is 240 g/mol. The van der Waals surface area contributed by atoms with Crippen LogP contribution < -0.4 is 0 Å². The smallest absolute Gasteiger partial charge is 0.00669 e. The van der Waals surface area contributed by atoms with Crippen LogP contribution in [0.3, 0.4) is 0 Å². The van der Waals surface area contributed by atoms with Crippen molar-refractivity contribution in [3.05, 3.63) is 71.8 Å². The number of benzene rings is 2. The van der Waals surface area contributed by atoms with Gasteiger partial charge >= 0.3 is 0 Å². The van der Waals surface area contributed by atoms with Gasteiger partial charge in [-0.25, -0.2) is 0 Å². The van der Waals surface area contributed by atoms with Gasteiger partial charge in [0.05, 0.1) is 0 Å². The summed E-state index contributed by atoms with van der Waals surface area (Å²) < 4.78 is 0. The largest absolute Gasteiger partial charge is 0.0998 e. The summed E-state index contributed by atoms with van der Waals surface area (Å²) in [5.41, 5.74) is 4.37. The van der Waals surface area contributed by atoms with Gasteiger partial charge in [0.15, 0.2) is 0 Å². The first kappa shape index (κ1) is 13.2.